The maximum Gasteiger partial charge on any atom is 0.338 e. The smallest absolute Gasteiger partial charge is 0.338 e. The summed E-state index contributed by atoms with van der Waals surface area (Å²) in [6.45, 7) is 3.74. The number of aromatic nitrogens is 1. The Bertz CT molecular complexity index is 1910. The van der Waals surface area contributed by atoms with Crippen molar-refractivity contribution in [2.75, 3.05) is 13.7 Å². The summed E-state index contributed by atoms with van der Waals surface area (Å²) in [5.74, 6) is 0.347. The second kappa shape index (κ2) is 13.2. The first-order valence-corrected chi connectivity index (χ1v) is 15.3. The lowest BCUT2D eigenvalue weighted by atomic mass is 9.96. The second-order valence-corrected chi connectivity index (χ2v) is 12.1. The van der Waals surface area contributed by atoms with Crippen LogP contribution < -0.4 is 24.4 Å². The molecule has 3 aromatic carbocycles. The topological polar surface area (TPSA) is 79.1 Å². The summed E-state index contributed by atoms with van der Waals surface area (Å²) in [6, 6.07) is 14.8. The highest BCUT2D eigenvalue weighted by atomic mass is 35.5. The van der Waals surface area contributed by atoms with Crippen molar-refractivity contribution in [2.45, 2.75) is 26.5 Å². The number of nitrogens with zero attached hydrogens (tertiary/aromatic N) is 2. The van der Waals surface area contributed by atoms with Crippen molar-refractivity contribution in [3.63, 3.8) is 0 Å². The van der Waals surface area contributed by atoms with Crippen LogP contribution in [0.1, 0.15) is 36.6 Å². The first-order chi connectivity index (χ1) is 20.6. The fourth-order valence-corrected chi connectivity index (χ4v) is 6.82. The van der Waals surface area contributed by atoms with Gasteiger partial charge in [0.05, 0.1) is 45.6 Å². The fourth-order valence-electron chi connectivity index (χ4n) is 4.72. The molecule has 0 aliphatic carbocycles. The van der Waals surface area contributed by atoms with Crippen molar-refractivity contribution < 1.29 is 19.0 Å². The highest BCUT2D eigenvalue weighted by molar-refractivity contribution is 7.07. The molecule has 12 heteroatoms. The zero-order valence-corrected chi connectivity index (χ0v) is 27.0. The molecule has 4 aromatic rings. The SMILES string of the molecule is CCOC(=O)C1=C(C)N=c2sc(=Cc3ccc(OC)c(COc4c(Cl)cc(Cl)cc4Cl)c3)c(=O)n2C1c1ccc(Cl)cc1. The maximum atomic E-state index is 13.9. The van der Waals surface area contributed by atoms with Crippen LogP contribution >= 0.6 is 57.7 Å². The van der Waals surface area contributed by atoms with Gasteiger partial charge in [0, 0.05) is 15.6 Å². The van der Waals surface area contributed by atoms with Gasteiger partial charge in [-0.15, -0.1) is 0 Å². The molecule has 0 bridgehead atoms. The molecule has 0 amide bonds. The summed E-state index contributed by atoms with van der Waals surface area (Å²) in [5.41, 5.74) is 2.61. The lowest BCUT2D eigenvalue weighted by Crippen LogP contribution is -2.39. The molecule has 1 atom stereocenters. The minimum absolute atomic E-state index is 0.0891. The van der Waals surface area contributed by atoms with E-state index in [0.29, 0.717) is 53.3 Å². The van der Waals surface area contributed by atoms with Gasteiger partial charge in [-0.3, -0.25) is 9.36 Å². The predicted octanol–water partition coefficient (Wildman–Crippen LogP) is 7.00. The molecular formula is C31H24Cl4N2O5S. The molecule has 43 heavy (non-hydrogen) atoms. The summed E-state index contributed by atoms with van der Waals surface area (Å²) >= 11 is 26.0. The van der Waals surface area contributed by atoms with Crippen LogP contribution in [-0.4, -0.2) is 24.3 Å². The standard InChI is InChI=1S/C31H24Cl4N2O5S/c1-4-41-30(39)26-16(2)36-31-37(27(26)18-6-8-20(32)9-7-18)29(38)25(43-31)12-17-5-10-24(40-3)19(11-17)15-42-28-22(34)13-21(33)14-23(28)35/h5-14,27H,4,15H2,1-3H3. The van der Waals surface area contributed by atoms with E-state index in [2.05, 4.69) is 4.99 Å². The van der Waals surface area contributed by atoms with Crippen LogP contribution in [0.3, 0.4) is 0 Å². The highest BCUT2D eigenvalue weighted by Gasteiger charge is 2.33. The number of carbonyl (C=O) groups excluding carboxylic acids is 1. The third-order valence-electron chi connectivity index (χ3n) is 6.64. The van der Waals surface area contributed by atoms with Crippen LogP contribution in [0.2, 0.25) is 20.1 Å². The van der Waals surface area contributed by atoms with Crippen molar-refractivity contribution in [3.8, 4) is 11.5 Å². The number of allylic oxidation sites excluding steroid dienone is 1. The van der Waals surface area contributed by atoms with E-state index in [1.54, 1.807) is 69.5 Å². The molecule has 1 aliphatic rings. The van der Waals surface area contributed by atoms with Crippen LogP contribution in [0.15, 0.2) is 75.7 Å². The van der Waals surface area contributed by atoms with Gasteiger partial charge in [0.1, 0.15) is 12.4 Å². The third-order valence-corrected chi connectivity index (χ3v) is 8.65. The summed E-state index contributed by atoms with van der Waals surface area (Å²) in [6.07, 6.45) is 1.76. The van der Waals surface area contributed by atoms with Crippen LogP contribution in [0, 0.1) is 0 Å². The molecule has 1 aromatic heterocycles. The number of rotatable bonds is 8. The number of carbonyl (C=O) groups is 1. The monoisotopic (exact) mass is 676 g/mol. The molecule has 1 unspecified atom stereocenters. The molecule has 0 radical (unpaired) electrons. The average molecular weight is 678 g/mol. The lowest BCUT2D eigenvalue weighted by Gasteiger charge is -2.24. The van der Waals surface area contributed by atoms with Gasteiger partial charge >= 0.3 is 5.97 Å². The average Bonchev–Trinajstić information content (AvgIpc) is 3.26. The molecule has 2 heterocycles. The molecule has 5 rings (SSSR count). The van der Waals surface area contributed by atoms with E-state index in [1.807, 2.05) is 12.1 Å². The van der Waals surface area contributed by atoms with Crippen molar-refractivity contribution in [3.05, 3.63) is 122 Å². The Morgan fingerprint density at radius 3 is 2.37 bits per heavy atom. The Hall–Kier alpha value is -3.27. The number of thiazole rings is 1. The van der Waals surface area contributed by atoms with Crippen LogP contribution in [0.25, 0.3) is 6.08 Å². The number of methoxy groups -OCH3 is 1. The molecule has 0 fully saturated rings. The third kappa shape index (κ3) is 6.49. The molecule has 222 valence electrons. The molecule has 0 saturated heterocycles. The number of ether oxygens (including phenoxy) is 3. The highest BCUT2D eigenvalue weighted by Crippen LogP contribution is 2.37. The number of fused-ring (bicyclic) bond motifs is 1. The maximum absolute atomic E-state index is 13.9. The number of hydrogen-bond donors (Lipinski definition) is 0. The van der Waals surface area contributed by atoms with E-state index in [-0.39, 0.29) is 28.8 Å². The van der Waals surface area contributed by atoms with Gasteiger partial charge in [-0.2, -0.15) is 0 Å². The summed E-state index contributed by atoms with van der Waals surface area (Å²) < 4.78 is 18.8. The largest absolute Gasteiger partial charge is 0.496 e. The summed E-state index contributed by atoms with van der Waals surface area (Å²) in [4.78, 5) is 32.1. The van der Waals surface area contributed by atoms with Crippen molar-refractivity contribution in [1.82, 2.24) is 4.57 Å². The zero-order chi connectivity index (χ0) is 30.8. The van der Waals surface area contributed by atoms with Crippen LogP contribution in [0.4, 0.5) is 0 Å². The van der Waals surface area contributed by atoms with Gasteiger partial charge < -0.3 is 14.2 Å². The van der Waals surface area contributed by atoms with Gasteiger partial charge in [0.2, 0.25) is 0 Å². The van der Waals surface area contributed by atoms with Crippen molar-refractivity contribution in [2.24, 2.45) is 4.99 Å². The van der Waals surface area contributed by atoms with Gasteiger partial charge in [-0.1, -0.05) is 75.9 Å². The number of esters is 1. The minimum Gasteiger partial charge on any atom is -0.496 e. The van der Waals surface area contributed by atoms with Gasteiger partial charge in [-0.25, -0.2) is 9.79 Å². The van der Waals surface area contributed by atoms with E-state index in [4.69, 9.17) is 60.6 Å². The van der Waals surface area contributed by atoms with E-state index in [0.717, 1.165) is 5.56 Å². The number of halogens is 4. The Labute approximate surface area is 271 Å². The Morgan fingerprint density at radius 2 is 1.72 bits per heavy atom. The first kappa shape index (κ1) is 31.2. The van der Waals surface area contributed by atoms with Gasteiger partial charge in [0.25, 0.3) is 5.56 Å². The van der Waals surface area contributed by atoms with Crippen molar-refractivity contribution in [1.29, 1.82) is 0 Å². The Morgan fingerprint density at radius 1 is 1.02 bits per heavy atom. The van der Waals surface area contributed by atoms with Gasteiger partial charge in [0.15, 0.2) is 10.6 Å². The number of hydrogen-bond acceptors (Lipinski definition) is 7. The second-order valence-electron chi connectivity index (χ2n) is 9.41. The van der Waals surface area contributed by atoms with Crippen LogP contribution in [0.5, 0.6) is 11.5 Å². The van der Waals surface area contributed by atoms with Gasteiger partial charge in [-0.05, 0) is 67.4 Å². The molecule has 0 spiro atoms. The first-order valence-electron chi connectivity index (χ1n) is 13.0. The van der Waals surface area contributed by atoms with E-state index in [9.17, 15) is 9.59 Å². The summed E-state index contributed by atoms with van der Waals surface area (Å²) in [7, 11) is 1.55. The van der Waals surface area contributed by atoms with E-state index in [1.165, 1.54) is 15.9 Å². The normalized spacial score (nSPS) is 14.8. The lowest BCUT2D eigenvalue weighted by molar-refractivity contribution is -0.139. The molecule has 1 aliphatic heterocycles. The minimum atomic E-state index is -0.733. The van der Waals surface area contributed by atoms with Crippen molar-refractivity contribution >= 4 is 69.8 Å². The molecule has 0 saturated carbocycles. The fraction of sp³-hybridized carbons (Fsp3) is 0.194. The summed E-state index contributed by atoms with van der Waals surface area (Å²) in [5, 5.41) is 1.49. The quantitative estimate of drug-likeness (QED) is 0.188. The molecule has 0 N–H and O–H groups in total. The Balaban J connectivity index is 1.57. The van der Waals surface area contributed by atoms with Crippen LogP contribution in [-0.2, 0) is 16.1 Å². The molecule has 7 nitrogen and oxygen atoms in total. The Kier molecular flexibility index (Phi) is 9.54. The predicted molar refractivity (Wildman–Crippen MR) is 171 cm³/mol. The zero-order valence-electron chi connectivity index (χ0n) is 23.1. The molecular weight excluding hydrogens is 654 g/mol. The number of benzene rings is 3. The van der Waals surface area contributed by atoms with E-state index >= 15 is 0 Å². The van der Waals surface area contributed by atoms with E-state index < -0.39 is 12.0 Å².